The summed E-state index contributed by atoms with van der Waals surface area (Å²) in [5, 5.41) is 7.15. The number of nitrogens with zero attached hydrogens (tertiary/aromatic N) is 3. The summed E-state index contributed by atoms with van der Waals surface area (Å²) in [6, 6.07) is 0. The number of nitrogens with one attached hydrogen (secondary N) is 1. The third-order valence-electron chi connectivity index (χ3n) is 1.68. The Hall–Kier alpha value is -1.16. The monoisotopic (exact) mass is 182 g/mol. The first-order chi connectivity index (χ1) is 5.68. The van der Waals surface area contributed by atoms with Gasteiger partial charge in [-0.3, -0.25) is 5.10 Å². The lowest BCUT2D eigenvalue weighted by molar-refractivity contribution is 1.05. The molecule has 0 amide bonds. The van der Waals surface area contributed by atoms with Crippen LogP contribution >= 0.6 is 11.6 Å². The van der Waals surface area contributed by atoms with Crippen molar-refractivity contribution in [1.82, 2.24) is 20.2 Å². The van der Waals surface area contributed by atoms with Crippen LogP contribution in [0.3, 0.4) is 0 Å². The summed E-state index contributed by atoms with van der Waals surface area (Å²) < 4.78 is 0. The number of aromatic nitrogens is 4. The van der Waals surface area contributed by atoms with Crippen molar-refractivity contribution in [3.63, 3.8) is 0 Å². The number of fused-ring (bicyclic) bond motifs is 1. The van der Waals surface area contributed by atoms with Gasteiger partial charge in [0.2, 0.25) is 5.65 Å². The van der Waals surface area contributed by atoms with Gasteiger partial charge >= 0.3 is 0 Å². The molecular weight excluding hydrogens is 176 g/mol. The molecule has 0 spiro atoms. The van der Waals surface area contributed by atoms with Crippen LogP contribution in [0, 0.1) is 13.8 Å². The second-order valence-electron chi connectivity index (χ2n) is 2.62. The minimum Gasteiger partial charge on any atom is -0.278 e. The minimum atomic E-state index is 0.411. The van der Waals surface area contributed by atoms with Gasteiger partial charge in [-0.05, 0) is 13.8 Å². The minimum absolute atomic E-state index is 0.411. The maximum atomic E-state index is 5.77. The second-order valence-corrected chi connectivity index (χ2v) is 2.98. The zero-order chi connectivity index (χ0) is 8.72. The Morgan fingerprint density at radius 1 is 1.25 bits per heavy atom. The van der Waals surface area contributed by atoms with Crippen LogP contribution in [-0.4, -0.2) is 20.2 Å². The molecule has 0 fully saturated rings. The van der Waals surface area contributed by atoms with Gasteiger partial charge in [0.25, 0.3) is 0 Å². The molecule has 5 heteroatoms. The summed E-state index contributed by atoms with van der Waals surface area (Å²) in [6.45, 7) is 3.72. The van der Waals surface area contributed by atoms with Crippen molar-refractivity contribution in [2.75, 3.05) is 0 Å². The summed E-state index contributed by atoms with van der Waals surface area (Å²) >= 11 is 5.77. The molecule has 0 unspecified atom stereocenters. The third-order valence-corrected chi connectivity index (χ3v) is 2.04. The van der Waals surface area contributed by atoms with Crippen molar-refractivity contribution in [3.05, 3.63) is 16.5 Å². The number of aromatic amines is 1. The largest absolute Gasteiger partial charge is 0.278 e. The number of rotatable bonds is 0. The number of H-pyrrole nitrogens is 1. The third kappa shape index (κ3) is 0.956. The lowest BCUT2D eigenvalue weighted by Gasteiger charge is -1.94. The Bertz CT molecular complexity index is 434. The summed E-state index contributed by atoms with van der Waals surface area (Å²) in [4.78, 5) is 8.30. The van der Waals surface area contributed by atoms with Crippen LogP contribution in [0.4, 0.5) is 0 Å². The summed E-state index contributed by atoms with van der Waals surface area (Å²) in [5.74, 6) is 0. The molecular formula is C7H7ClN4. The normalized spacial score (nSPS) is 10.9. The molecule has 62 valence electrons. The zero-order valence-corrected chi connectivity index (χ0v) is 7.48. The van der Waals surface area contributed by atoms with Gasteiger partial charge in [0.15, 0.2) is 5.15 Å². The Labute approximate surface area is 74.0 Å². The van der Waals surface area contributed by atoms with Gasteiger partial charge in [-0.15, -0.1) is 0 Å². The Morgan fingerprint density at radius 2 is 2.00 bits per heavy atom. The van der Waals surface area contributed by atoms with Crippen LogP contribution in [0.5, 0.6) is 0 Å². The van der Waals surface area contributed by atoms with Gasteiger partial charge in [-0.1, -0.05) is 11.6 Å². The maximum Gasteiger partial charge on any atom is 0.201 e. The standard InChI is InChI=1S/C7H7ClN4/c1-3-5-7(12-11-3)10-6(8)4(2)9-5/h1-2H3,(H,10,11,12). The summed E-state index contributed by atoms with van der Waals surface area (Å²) in [5.41, 5.74) is 3.01. The number of hydrogen-bond donors (Lipinski definition) is 1. The average Bonchev–Trinajstić information content (AvgIpc) is 2.35. The second kappa shape index (κ2) is 2.42. The van der Waals surface area contributed by atoms with Gasteiger partial charge in [0, 0.05) is 0 Å². The predicted molar refractivity (Wildman–Crippen MR) is 46.2 cm³/mol. The quantitative estimate of drug-likeness (QED) is 0.674. The first-order valence-electron chi connectivity index (χ1n) is 3.53. The molecule has 0 aliphatic rings. The molecule has 0 radical (unpaired) electrons. The highest BCUT2D eigenvalue weighted by Gasteiger charge is 2.06. The molecule has 2 aromatic rings. The summed E-state index contributed by atoms with van der Waals surface area (Å²) in [6.07, 6.45) is 0. The molecule has 0 aromatic carbocycles. The molecule has 1 N–H and O–H groups in total. The first kappa shape index (κ1) is 7.49. The Morgan fingerprint density at radius 3 is 2.75 bits per heavy atom. The van der Waals surface area contributed by atoms with Crippen molar-refractivity contribution in [1.29, 1.82) is 0 Å². The van der Waals surface area contributed by atoms with Crippen LogP contribution < -0.4 is 0 Å². The fraction of sp³-hybridized carbons (Fsp3) is 0.286. The van der Waals surface area contributed by atoms with Crippen LogP contribution in [-0.2, 0) is 0 Å². The van der Waals surface area contributed by atoms with Gasteiger partial charge in [0.1, 0.15) is 5.52 Å². The van der Waals surface area contributed by atoms with E-state index in [1.807, 2.05) is 13.8 Å². The molecule has 0 saturated carbocycles. The smallest absolute Gasteiger partial charge is 0.201 e. The molecule has 0 saturated heterocycles. The highest BCUT2D eigenvalue weighted by atomic mass is 35.5. The number of halogens is 1. The van der Waals surface area contributed by atoms with Crippen molar-refractivity contribution in [3.8, 4) is 0 Å². The lowest BCUT2D eigenvalue weighted by atomic mass is 10.4. The predicted octanol–water partition coefficient (Wildman–Crippen LogP) is 1.62. The maximum absolute atomic E-state index is 5.77. The van der Waals surface area contributed by atoms with E-state index in [2.05, 4.69) is 20.2 Å². The van der Waals surface area contributed by atoms with E-state index in [9.17, 15) is 0 Å². The van der Waals surface area contributed by atoms with Crippen molar-refractivity contribution < 1.29 is 0 Å². The van der Waals surface area contributed by atoms with Crippen LogP contribution in [0.15, 0.2) is 0 Å². The van der Waals surface area contributed by atoms with Gasteiger partial charge in [-0.2, -0.15) is 5.10 Å². The van der Waals surface area contributed by atoms with Gasteiger partial charge < -0.3 is 0 Å². The van der Waals surface area contributed by atoms with E-state index in [1.54, 1.807) is 0 Å². The van der Waals surface area contributed by atoms with Crippen molar-refractivity contribution >= 4 is 22.8 Å². The van der Waals surface area contributed by atoms with Crippen LogP contribution in [0.2, 0.25) is 5.15 Å². The molecule has 0 atom stereocenters. The molecule has 0 aliphatic heterocycles. The highest BCUT2D eigenvalue weighted by molar-refractivity contribution is 6.30. The summed E-state index contributed by atoms with van der Waals surface area (Å²) in [7, 11) is 0. The lowest BCUT2D eigenvalue weighted by Crippen LogP contribution is -1.88. The Balaban J connectivity index is 2.87. The highest BCUT2D eigenvalue weighted by Crippen LogP contribution is 2.15. The molecule has 0 aliphatic carbocycles. The topological polar surface area (TPSA) is 54.5 Å². The fourth-order valence-electron chi connectivity index (χ4n) is 1.01. The van der Waals surface area contributed by atoms with E-state index in [-0.39, 0.29) is 0 Å². The van der Waals surface area contributed by atoms with Crippen LogP contribution in [0.1, 0.15) is 11.4 Å². The first-order valence-corrected chi connectivity index (χ1v) is 3.91. The van der Waals surface area contributed by atoms with Crippen molar-refractivity contribution in [2.45, 2.75) is 13.8 Å². The van der Waals surface area contributed by atoms with Crippen molar-refractivity contribution in [2.24, 2.45) is 0 Å². The van der Waals surface area contributed by atoms with Gasteiger partial charge in [0.05, 0.1) is 11.4 Å². The SMILES string of the molecule is Cc1nc2c(C)[nH]nc2nc1Cl. The Kier molecular flexibility index (Phi) is 1.51. The van der Waals surface area contributed by atoms with E-state index in [0.29, 0.717) is 10.8 Å². The van der Waals surface area contributed by atoms with Gasteiger partial charge in [-0.25, -0.2) is 9.97 Å². The molecule has 4 nitrogen and oxygen atoms in total. The molecule has 12 heavy (non-hydrogen) atoms. The molecule has 2 rings (SSSR count). The molecule has 2 aromatic heterocycles. The average molecular weight is 183 g/mol. The fourth-order valence-corrected chi connectivity index (χ4v) is 1.13. The molecule has 2 heterocycles. The number of hydrogen-bond acceptors (Lipinski definition) is 3. The van der Waals surface area contributed by atoms with E-state index >= 15 is 0 Å². The number of aryl methyl sites for hydroxylation is 2. The van der Waals surface area contributed by atoms with E-state index in [0.717, 1.165) is 16.9 Å². The van der Waals surface area contributed by atoms with E-state index in [1.165, 1.54) is 0 Å². The van der Waals surface area contributed by atoms with E-state index in [4.69, 9.17) is 11.6 Å². The molecule has 0 bridgehead atoms. The van der Waals surface area contributed by atoms with Crippen LogP contribution in [0.25, 0.3) is 11.2 Å². The zero-order valence-electron chi connectivity index (χ0n) is 6.72. The van der Waals surface area contributed by atoms with E-state index < -0.39 is 0 Å².